The number of rotatable bonds is 6. The second-order valence-electron chi connectivity index (χ2n) is 7.85. The van der Waals surface area contributed by atoms with Gasteiger partial charge in [0.05, 0.1) is 25.6 Å². The van der Waals surface area contributed by atoms with Gasteiger partial charge in [-0.1, -0.05) is 47.5 Å². The molecule has 0 spiro atoms. The summed E-state index contributed by atoms with van der Waals surface area (Å²) in [6.07, 6.45) is 0. The minimum Gasteiger partial charge on any atom is -0.497 e. The average molecular weight is 443 g/mol. The fraction of sp³-hybridized carbons (Fsp3) is 0.192. The number of nitrogens with zero attached hydrogens (tertiary/aromatic N) is 3. The molecule has 0 fully saturated rings. The molecule has 0 unspecified atom stereocenters. The van der Waals surface area contributed by atoms with Gasteiger partial charge in [0.25, 0.3) is 5.91 Å². The number of carbonyl (C=O) groups excluding carboxylic acids is 1. The van der Waals surface area contributed by atoms with Gasteiger partial charge in [-0.25, -0.2) is 9.67 Å². The first kappa shape index (κ1) is 22.1. The summed E-state index contributed by atoms with van der Waals surface area (Å²) in [5, 5.41) is 7.43. The Morgan fingerprint density at radius 3 is 2.27 bits per heavy atom. The molecule has 0 saturated heterocycles. The molecule has 0 aliphatic heterocycles. The van der Waals surface area contributed by atoms with E-state index in [-0.39, 0.29) is 5.82 Å². The van der Waals surface area contributed by atoms with Crippen LogP contribution in [0.4, 0.5) is 5.69 Å². The summed E-state index contributed by atoms with van der Waals surface area (Å²) in [5.41, 5.74) is 5.53. The average Bonchev–Trinajstić information content (AvgIpc) is 3.24. The van der Waals surface area contributed by atoms with Crippen LogP contribution in [0.15, 0.2) is 60.7 Å². The van der Waals surface area contributed by atoms with Gasteiger partial charge < -0.3 is 14.8 Å². The predicted molar refractivity (Wildman–Crippen MR) is 129 cm³/mol. The Labute approximate surface area is 193 Å². The highest BCUT2D eigenvalue weighted by Crippen LogP contribution is 2.30. The molecule has 1 aromatic heterocycles. The first-order chi connectivity index (χ1) is 15.9. The van der Waals surface area contributed by atoms with Crippen molar-refractivity contribution >= 4 is 11.6 Å². The third-order valence-electron chi connectivity index (χ3n) is 5.36. The zero-order valence-electron chi connectivity index (χ0n) is 19.3. The second-order valence-corrected chi connectivity index (χ2v) is 7.85. The van der Waals surface area contributed by atoms with Gasteiger partial charge in [0.15, 0.2) is 5.82 Å². The lowest BCUT2D eigenvalue weighted by atomic mass is 10.1. The number of methoxy groups -OCH3 is 2. The Kier molecular flexibility index (Phi) is 6.13. The SMILES string of the molecule is COc1ccc(OC)c(NC(=O)c2nc(-c3ccc(C)cc3)n(-c3ccc(C)cc3C)n2)c1. The second kappa shape index (κ2) is 9.16. The van der Waals surface area contributed by atoms with Gasteiger partial charge in [-0.05, 0) is 44.5 Å². The molecule has 0 aliphatic rings. The Morgan fingerprint density at radius 2 is 1.61 bits per heavy atom. The van der Waals surface area contributed by atoms with Gasteiger partial charge in [0.1, 0.15) is 11.5 Å². The normalized spacial score (nSPS) is 10.7. The number of hydrogen-bond donors (Lipinski definition) is 1. The van der Waals surface area contributed by atoms with Gasteiger partial charge in [0, 0.05) is 11.6 Å². The van der Waals surface area contributed by atoms with Crippen molar-refractivity contribution in [1.29, 1.82) is 0 Å². The quantitative estimate of drug-likeness (QED) is 0.448. The molecule has 3 aromatic carbocycles. The molecule has 33 heavy (non-hydrogen) atoms. The van der Waals surface area contributed by atoms with Crippen molar-refractivity contribution in [2.75, 3.05) is 19.5 Å². The summed E-state index contributed by atoms with van der Waals surface area (Å²) in [5.74, 6) is 1.30. The number of carbonyl (C=O) groups is 1. The summed E-state index contributed by atoms with van der Waals surface area (Å²) in [4.78, 5) is 17.8. The summed E-state index contributed by atoms with van der Waals surface area (Å²) >= 11 is 0. The standard InChI is InChI=1S/C26H26N4O3/c1-16-6-9-19(10-7-16)25-28-24(29-30(25)22-12-8-17(2)14-18(22)3)26(31)27-21-15-20(32-4)11-13-23(21)33-5/h6-15H,1-5H3,(H,27,31). The number of anilines is 1. The van der Waals surface area contributed by atoms with Crippen LogP contribution in [0.1, 0.15) is 27.3 Å². The van der Waals surface area contributed by atoms with Crippen molar-refractivity contribution in [3.05, 3.63) is 83.2 Å². The summed E-state index contributed by atoms with van der Waals surface area (Å²) in [6, 6.07) is 19.3. The Balaban J connectivity index is 1.78. The zero-order chi connectivity index (χ0) is 23.5. The molecule has 4 rings (SSSR count). The zero-order valence-corrected chi connectivity index (χ0v) is 19.3. The molecular weight excluding hydrogens is 416 g/mol. The van der Waals surface area contributed by atoms with Crippen LogP contribution in [0.5, 0.6) is 11.5 Å². The van der Waals surface area contributed by atoms with E-state index in [1.54, 1.807) is 37.1 Å². The maximum absolute atomic E-state index is 13.2. The van der Waals surface area contributed by atoms with Crippen molar-refractivity contribution in [2.45, 2.75) is 20.8 Å². The third-order valence-corrected chi connectivity index (χ3v) is 5.36. The topological polar surface area (TPSA) is 78.3 Å². The molecule has 1 N–H and O–H groups in total. The molecule has 7 heteroatoms. The van der Waals surface area contributed by atoms with Gasteiger partial charge in [-0.3, -0.25) is 4.79 Å². The highest BCUT2D eigenvalue weighted by atomic mass is 16.5. The first-order valence-corrected chi connectivity index (χ1v) is 10.5. The van der Waals surface area contributed by atoms with Crippen molar-refractivity contribution in [3.8, 4) is 28.6 Å². The molecule has 0 atom stereocenters. The number of hydrogen-bond acceptors (Lipinski definition) is 5. The number of nitrogens with one attached hydrogen (secondary N) is 1. The monoisotopic (exact) mass is 442 g/mol. The third kappa shape index (κ3) is 4.57. The van der Waals surface area contributed by atoms with Gasteiger partial charge in [-0.2, -0.15) is 0 Å². The highest BCUT2D eigenvalue weighted by molar-refractivity contribution is 6.02. The maximum atomic E-state index is 13.2. The molecule has 7 nitrogen and oxygen atoms in total. The minimum atomic E-state index is -0.446. The Bertz CT molecular complexity index is 1310. The number of ether oxygens (including phenoxy) is 2. The van der Waals surface area contributed by atoms with E-state index in [4.69, 9.17) is 9.47 Å². The lowest BCUT2D eigenvalue weighted by molar-refractivity contribution is 0.101. The Hall–Kier alpha value is -4.13. The van der Waals surface area contributed by atoms with Crippen molar-refractivity contribution < 1.29 is 14.3 Å². The van der Waals surface area contributed by atoms with Crippen LogP contribution in [-0.4, -0.2) is 34.9 Å². The van der Waals surface area contributed by atoms with Crippen LogP contribution in [0.3, 0.4) is 0 Å². The van der Waals surface area contributed by atoms with Crippen LogP contribution >= 0.6 is 0 Å². The van der Waals surface area contributed by atoms with Crippen LogP contribution in [0.25, 0.3) is 17.1 Å². The van der Waals surface area contributed by atoms with Crippen LogP contribution in [0, 0.1) is 20.8 Å². The summed E-state index contributed by atoms with van der Waals surface area (Å²) in [6.45, 7) is 6.09. The minimum absolute atomic E-state index is 0.0513. The van der Waals surface area contributed by atoms with E-state index in [1.807, 2.05) is 57.2 Å². The fourth-order valence-corrected chi connectivity index (χ4v) is 3.60. The van der Waals surface area contributed by atoms with Crippen LogP contribution in [-0.2, 0) is 0 Å². The van der Waals surface area contributed by atoms with E-state index < -0.39 is 5.91 Å². The van der Waals surface area contributed by atoms with E-state index in [1.165, 1.54) is 0 Å². The van der Waals surface area contributed by atoms with E-state index in [0.717, 1.165) is 27.9 Å². The summed E-state index contributed by atoms with van der Waals surface area (Å²) < 4.78 is 12.4. The van der Waals surface area contributed by atoms with Crippen molar-refractivity contribution in [2.24, 2.45) is 0 Å². The van der Waals surface area contributed by atoms with Crippen LogP contribution in [0.2, 0.25) is 0 Å². The molecule has 0 radical (unpaired) electrons. The largest absolute Gasteiger partial charge is 0.497 e. The van der Waals surface area contributed by atoms with E-state index in [9.17, 15) is 4.79 Å². The molecule has 168 valence electrons. The summed E-state index contributed by atoms with van der Waals surface area (Å²) in [7, 11) is 3.11. The maximum Gasteiger partial charge on any atom is 0.295 e. The number of amides is 1. The predicted octanol–water partition coefficient (Wildman–Crippen LogP) is 5.13. The smallest absolute Gasteiger partial charge is 0.295 e. The van der Waals surface area contributed by atoms with Gasteiger partial charge in [-0.15, -0.1) is 5.10 Å². The van der Waals surface area contributed by atoms with E-state index >= 15 is 0 Å². The highest BCUT2D eigenvalue weighted by Gasteiger charge is 2.21. The van der Waals surface area contributed by atoms with Crippen LogP contribution < -0.4 is 14.8 Å². The molecular formula is C26H26N4O3. The van der Waals surface area contributed by atoms with Gasteiger partial charge >= 0.3 is 0 Å². The molecule has 0 aliphatic carbocycles. The Morgan fingerprint density at radius 1 is 0.879 bits per heavy atom. The lowest BCUT2D eigenvalue weighted by Crippen LogP contribution is -2.15. The molecule has 0 bridgehead atoms. The molecule has 4 aromatic rings. The molecule has 1 heterocycles. The number of aromatic nitrogens is 3. The van der Waals surface area contributed by atoms with E-state index in [2.05, 4.69) is 21.5 Å². The van der Waals surface area contributed by atoms with Crippen molar-refractivity contribution in [3.63, 3.8) is 0 Å². The van der Waals surface area contributed by atoms with Gasteiger partial charge in [0.2, 0.25) is 5.82 Å². The fourth-order valence-electron chi connectivity index (χ4n) is 3.60. The number of aryl methyl sites for hydroxylation is 3. The van der Waals surface area contributed by atoms with Crippen molar-refractivity contribution in [1.82, 2.24) is 14.8 Å². The van der Waals surface area contributed by atoms with E-state index in [0.29, 0.717) is 23.0 Å². The lowest BCUT2D eigenvalue weighted by Gasteiger charge is -2.10. The molecule has 0 saturated carbocycles. The first-order valence-electron chi connectivity index (χ1n) is 10.5. The number of benzene rings is 3. The molecule has 1 amide bonds.